The van der Waals surface area contributed by atoms with Gasteiger partial charge in [-0.2, -0.15) is 0 Å². The van der Waals surface area contributed by atoms with Crippen LogP contribution in [0, 0.1) is 0 Å². The quantitative estimate of drug-likeness (QED) is 0.727. The number of nitrogens with two attached hydrogens (primary N) is 1. The van der Waals surface area contributed by atoms with E-state index in [9.17, 15) is 0 Å². The molecule has 3 heteroatoms. The summed E-state index contributed by atoms with van der Waals surface area (Å²) < 4.78 is 0. The second-order valence-corrected chi connectivity index (χ2v) is 3.49. The van der Waals surface area contributed by atoms with Gasteiger partial charge in [-0.3, -0.25) is 4.98 Å². The summed E-state index contributed by atoms with van der Waals surface area (Å²) in [6.07, 6.45) is 5.00. The van der Waals surface area contributed by atoms with Gasteiger partial charge in [0.1, 0.15) is 0 Å². The Morgan fingerprint density at radius 2 is 2.38 bits per heavy atom. The molecule has 0 saturated carbocycles. The zero-order valence-corrected chi connectivity index (χ0v) is 7.90. The number of aliphatic hydroxyl groups is 1. The number of rotatable bonds is 4. The second kappa shape index (κ2) is 4.35. The molecule has 0 spiro atoms. The van der Waals surface area contributed by atoms with Gasteiger partial charge in [-0.15, -0.1) is 0 Å². The number of pyridine rings is 1. The molecule has 1 heterocycles. The van der Waals surface area contributed by atoms with E-state index in [4.69, 9.17) is 10.8 Å². The number of nitrogens with zero attached hydrogens (tertiary/aromatic N) is 1. The van der Waals surface area contributed by atoms with Crippen LogP contribution < -0.4 is 5.73 Å². The molecule has 0 aliphatic carbocycles. The lowest BCUT2D eigenvalue weighted by Crippen LogP contribution is -2.33. The van der Waals surface area contributed by atoms with Gasteiger partial charge in [0.15, 0.2) is 0 Å². The summed E-state index contributed by atoms with van der Waals surface area (Å²) in [6, 6.07) is 3.84. The van der Waals surface area contributed by atoms with Crippen molar-refractivity contribution in [2.75, 3.05) is 6.61 Å². The third kappa shape index (κ3) is 2.79. The van der Waals surface area contributed by atoms with Crippen molar-refractivity contribution in [3.8, 4) is 0 Å². The van der Waals surface area contributed by atoms with Crippen molar-refractivity contribution in [3.63, 3.8) is 0 Å². The van der Waals surface area contributed by atoms with Crippen molar-refractivity contribution >= 4 is 0 Å². The molecule has 1 aromatic heterocycles. The molecule has 1 rings (SSSR count). The Morgan fingerprint density at radius 3 is 2.92 bits per heavy atom. The van der Waals surface area contributed by atoms with Crippen molar-refractivity contribution in [2.24, 2.45) is 5.73 Å². The lowest BCUT2D eigenvalue weighted by Gasteiger charge is -2.24. The molecule has 13 heavy (non-hydrogen) atoms. The predicted molar refractivity (Wildman–Crippen MR) is 52.1 cm³/mol. The molecule has 1 aromatic rings. The van der Waals surface area contributed by atoms with E-state index in [0.29, 0.717) is 0 Å². The summed E-state index contributed by atoms with van der Waals surface area (Å²) in [7, 11) is 0. The maximum atomic E-state index is 8.71. The molecule has 3 nitrogen and oxygen atoms in total. The van der Waals surface area contributed by atoms with E-state index in [1.54, 1.807) is 12.4 Å². The van der Waals surface area contributed by atoms with Crippen LogP contribution in [0.3, 0.4) is 0 Å². The van der Waals surface area contributed by atoms with E-state index in [-0.39, 0.29) is 12.1 Å². The normalized spacial score (nSPS) is 15.3. The van der Waals surface area contributed by atoms with Crippen LogP contribution in [0.15, 0.2) is 24.5 Å². The van der Waals surface area contributed by atoms with E-state index in [1.165, 1.54) is 0 Å². The molecule has 0 amide bonds. The van der Waals surface area contributed by atoms with E-state index >= 15 is 0 Å². The minimum absolute atomic E-state index is 0.188. The molecule has 0 saturated heterocycles. The van der Waals surface area contributed by atoms with Crippen molar-refractivity contribution in [1.82, 2.24) is 4.98 Å². The molecular formula is C10H16N2O. The first-order chi connectivity index (χ1) is 6.17. The zero-order valence-electron chi connectivity index (χ0n) is 7.90. The molecule has 0 bridgehead atoms. The smallest absolute Gasteiger partial charge is 0.0431 e. The molecule has 0 aromatic carbocycles. The summed E-state index contributed by atoms with van der Waals surface area (Å²) in [6.45, 7) is 2.15. The van der Waals surface area contributed by atoms with Gasteiger partial charge in [0.2, 0.25) is 0 Å². The standard InChI is InChI=1S/C10H16N2O/c1-10(11,5-3-7-13)9-4-2-6-12-8-9/h2,4,6,8,13H,3,5,7,11H2,1H3. The Labute approximate surface area is 78.6 Å². The van der Waals surface area contributed by atoms with Crippen LogP contribution in [0.1, 0.15) is 25.3 Å². The molecule has 0 aliphatic rings. The van der Waals surface area contributed by atoms with Gasteiger partial charge in [0, 0.05) is 24.5 Å². The summed E-state index contributed by atoms with van der Waals surface area (Å²) >= 11 is 0. The first kappa shape index (κ1) is 10.2. The Morgan fingerprint density at radius 1 is 1.62 bits per heavy atom. The van der Waals surface area contributed by atoms with E-state index in [2.05, 4.69) is 4.98 Å². The maximum Gasteiger partial charge on any atom is 0.0431 e. The van der Waals surface area contributed by atoms with Crippen molar-refractivity contribution in [2.45, 2.75) is 25.3 Å². The first-order valence-electron chi connectivity index (χ1n) is 4.47. The zero-order chi connectivity index (χ0) is 9.73. The van der Waals surface area contributed by atoms with Crippen LogP contribution in [0.4, 0.5) is 0 Å². The van der Waals surface area contributed by atoms with Crippen LogP contribution in [0.2, 0.25) is 0 Å². The van der Waals surface area contributed by atoms with Crippen LogP contribution in [-0.4, -0.2) is 16.7 Å². The monoisotopic (exact) mass is 180 g/mol. The van der Waals surface area contributed by atoms with Gasteiger partial charge in [-0.05, 0) is 31.4 Å². The van der Waals surface area contributed by atoms with E-state index < -0.39 is 0 Å². The Hall–Kier alpha value is -0.930. The van der Waals surface area contributed by atoms with Gasteiger partial charge in [-0.25, -0.2) is 0 Å². The highest BCUT2D eigenvalue weighted by molar-refractivity contribution is 5.18. The topological polar surface area (TPSA) is 59.1 Å². The van der Waals surface area contributed by atoms with Crippen LogP contribution in [0.25, 0.3) is 0 Å². The predicted octanol–water partition coefficient (Wildman–Crippen LogP) is 1.03. The average Bonchev–Trinajstić information content (AvgIpc) is 2.16. The Balaban J connectivity index is 2.69. The van der Waals surface area contributed by atoms with Crippen LogP contribution in [0.5, 0.6) is 0 Å². The second-order valence-electron chi connectivity index (χ2n) is 3.49. The molecule has 3 N–H and O–H groups in total. The largest absolute Gasteiger partial charge is 0.396 e. The maximum absolute atomic E-state index is 8.71. The summed E-state index contributed by atoms with van der Waals surface area (Å²) in [5.41, 5.74) is 6.71. The van der Waals surface area contributed by atoms with Crippen molar-refractivity contribution < 1.29 is 5.11 Å². The fourth-order valence-corrected chi connectivity index (χ4v) is 1.29. The Kier molecular flexibility index (Phi) is 3.39. The molecule has 72 valence electrons. The molecule has 0 aliphatic heterocycles. The highest BCUT2D eigenvalue weighted by atomic mass is 16.2. The lowest BCUT2D eigenvalue weighted by atomic mass is 9.90. The van der Waals surface area contributed by atoms with E-state index in [0.717, 1.165) is 18.4 Å². The average molecular weight is 180 g/mol. The van der Waals surface area contributed by atoms with Gasteiger partial charge in [0.25, 0.3) is 0 Å². The number of aliphatic hydroxyl groups excluding tert-OH is 1. The fraction of sp³-hybridized carbons (Fsp3) is 0.500. The third-order valence-corrected chi connectivity index (χ3v) is 2.18. The van der Waals surface area contributed by atoms with Gasteiger partial charge < -0.3 is 10.8 Å². The SMILES string of the molecule is CC(N)(CCCO)c1cccnc1. The molecule has 1 atom stereocenters. The number of hydrogen-bond acceptors (Lipinski definition) is 3. The summed E-state index contributed by atoms with van der Waals surface area (Å²) in [4.78, 5) is 4.02. The van der Waals surface area contributed by atoms with Crippen molar-refractivity contribution in [1.29, 1.82) is 0 Å². The summed E-state index contributed by atoms with van der Waals surface area (Å²) in [5, 5.41) is 8.71. The van der Waals surface area contributed by atoms with Gasteiger partial charge >= 0.3 is 0 Å². The number of aromatic nitrogens is 1. The van der Waals surface area contributed by atoms with E-state index in [1.807, 2.05) is 19.1 Å². The highest BCUT2D eigenvalue weighted by Crippen LogP contribution is 2.21. The highest BCUT2D eigenvalue weighted by Gasteiger charge is 2.19. The number of hydrogen-bond donors (Lipinski definition) is 2. The molecule has 0 radical (unpaired) electrons. The van der Waals surface area contributed by atoms with Gasteiger partial charge in [-0.1, -0.05) is 6.07 Å². The fourth-order valence-electron chi connectivity index (χ4n) is 1.29. The lowest BCUT2D eigenvalue weighted by molar-refractivity contribution is 0.265. The first-order valence-corrected chi connectivity index (χ1v) is 4.47. The molecule has 1 unspecified atom stereocenters. The van der Waals surface area contributed by atoms with Crippen molar-refractivity contribution in [3.05, 3.63) is 30.1 Å². The molecular weight excluding hydrogens is 164 g/mol. The minimum atomic E-state index is -0.378. The molecule has 0 fully saturated rings. The van der Waals surface area contributed by atoms with Gasteiger partial charge in [0.05, 0.1) is 0 Å². The Bertz CT molecular complexity index is 246. The summed E-state index contributed by atoms with van der Waals surface area (Å²) in [5.74, 6) is 0. The minimum Gasteiger partial charge on any atom is -0.396 e. The van der Waals surface area contributed by atoms with Crippen LogP contribution in [-0.2, 0) is 5.54 Å². The van der Waals surface area contributed by atoms with Crippen LogP contribution >= 0.6 is 0 Å². The third-order valence-electron chi connectivity index (χ3n) is 2.18.